The van der Waals surface area contributed by atoms with Gasteiger partial charge in [-0.15, -0.1) is 0 Å². The number of phenolic OH excluding ortho intramolecular Hbond substituents is 1. The predicted molar refractivity (Wildman–Crippen MR) is 82.1 cm³/mol. The highest BCUT2D eigenvalue weighted by Gasteiger charge is 2.29. The summed E-state index contributed by atoms with van der Waals surface area (Å²) in [5, 5.41) is 9.37. The Morgan fingerprint density at radius 3 is 2.81 bits per heavy atom. The van der Waals surface area contributed by atoms with Crippen molar-refractivity contribution in [2.75, 3.05) is 18.8 Å². The Hall–Kier alpha value is -1.91. The number of nitrogens with two attached hydrogens (primary N) is 1. The van der Waals surface area contributed by atoms with Crippen LogP contribution < -0.4 is 5.73 Å². The minimum absolute atomic E-state index is 0.179. The molecule has 0 radical (unpaired) electrons. The first-order valence-corrected chi connectivity index (χ1v) is 7.30. The van der Waals surface area contributed by atoms with Crippen molar-refractivity contribution in [3.63, 3.8) is 0 Å². The summed E-state index contributed by atoms with van der Waals surface area (Å²) in [6.45, 7) is 7.02. The van der Waals surface area contributed by atoms with Gasteiger partial charge in [-0.1, -0.05) is 6.07 Å². The maximum absolute atomic E-state index is 12.0. The van der Waals surface area contributed by atoms with Gasteiger partial charge < -0.3 is 20.5 Å². The third-order valence-electron chi connectivity index (χ3n) is 3.58. The summed E-state index contributed by atoms with van der Waals surface area (Å²) < 4.78 is 5.39. The summed E-state index contributed by atoms with van der Waals surface area (Å²) in [7, 11) is 0. The molecule has 0 aromatic heterocycles. The SMILES string of the molecule is CC(C)(C)OC(=O)N1CCC(Cc2ccc(O)cc2N)C1. The number of nitrogen functional groups attached to an aromatic ring is 1. The average molecular weight is 292 g/mol. The van der Waals surface area contributed by atoms with Gasteiger partial charge in [0.25, 0.3) is 0 Å². The van der Waals surface area contributed by atoms with E-state index in [0.717, 1.165) is 24.9 Å². The Kier molecular flexibility index (Phi) is 4.30. The van der Waals surface area contributed by atoms with E-state index in [9.17, 15) is 9.90 Å². The van der Waals surface area contributed by atoms with E-state index in [1.165, 1.54) is 0 Å². The van der Waals surface area contributed by atoms with E-state index in [1.807, 2.05) is 26.8 Å². The van der Waals surface area contributed by atoms with Crippen LogP contribution in [0.3, 0.4) is 0 Å². The summed E-state index contributed by atoms with van der Waals surface area (Å²) in [4.78, 5) is 13.8. The van der Waals surface area contributed by atoms with Gasteiger partial charge in [0.1, 0.15) is 11.4 Å². The second-order valence-electron chi connectivity index (χ2n) is 6.67. The van der Waals surface area contributed by atoms with Crippen molar-refractivity contribution in [3.05, 3.63) is 23.8 Å². The van der Waals surface area contributed by atoms with Crippen molar-refractivity contribution in [2.45, 2.75) is 39.2 Å². The molecule has 0 aliphatic carbocycles. The first-order valence-electron chi connectivity index (χ1n) is 7.30. The fraction of sp³-hybridized carbons (Fsp3) is 0.562. The van der Waals surface area contributed by atoms with Crippen molar-refractivity contribution in [3.8, 4) is 5.75 Å². The number of rotatable bonds is 2. The summed E-state index contributed by atoms with van der Waals surface area (Å²) in [5.74, 6) is 0.558. The largest absolute Gasteiger partial charge is 0.508 e. The number of hydrogen-bond donors (Lipinski definition) is 2. The zero-order valence-corrected chi connectivity index (χ0v) is 12.9. The number of carbonyl (C=O) groups is 1. The molecule has 1 amide bonds. The van der Waals surface area contributed by atoms with E-state index in [4.69, 9.17) is 10.5 Å². The molecule has 3 N–H and O–H groups in total. The minimum atomic E-state index is -0.462. The lowest BCUT2D eigenvalue weighted by Gasteiger charge is -2.24. The smallest absolute Gasteiger partial charge is 0.410 e. The van der Waals surface area contributed by atoms with Gasteiger partial charge in [-0.2, -0.15) is 0 Å². The van der Waals surface area contributed by atoms with Crippen LogP contribution in [0.25, 0.3) is 0 Å². The lowest BCUT2D eigenvalue weighted by atomic mass is 9.97. The Morgan fingerprint density at radius 2 is 2.19 bits per heavy atom. The molecule has 1 saturated heterocycles. The van der Waals surface area contributed by atoms with Gasteiger partial charge in [0.15, 0.2) is 0 Å². The number of phenols is 1. The molecule has 21 heavy (non-hydrogen) atoms. The summed E-state index contributed by atoms with van der Waals surface area (Å²) in [5.41, 5.74) is 7.07. The number of likely N-dealkylation sites (tertiary alicyclic amines) is 1. The molecule has 5 heteroatoms. The van der Waals surface area contributed by atoms with Gasteiger partial charge in [-0.25, -0.2) is 4.79 Å². The quantitative estimate of drug-likeness (QED) is 0.822. The molecule has 0 spiro atoms. The van der Waals surface area contributed by atoms with Crippen molar-refractivity contribution in [1.29, 1.82) is 0 Å². The van der Waals surface area contributed by atoms with E-state index in [1.54, 1.807) is 17.0 Å². The van der Waals surface area contributed by atoms with Crippen LogP contribution in [0.5, 0.6) is 5.75 Å². The number of anilines is 1. The molecule has 2 rings (SSSR count). The van der Waals surface area contributed by atoms with Gasteiger partial charge in [-0.3, -0.25) is 0 Å². The van der Waals surface area contributed by atoms with Gasteiger partial charge in [0, 0.05) is 24.8 Å². The molecule has 116 valence electrons. The highest BCUT2D eigenvalue weighted by molar-refractivity contribution is 5.68. The molecule has 1 heterocycles. The van der Waals surface area contributed by atoms with Crippen LogP contribution in [0.1, 0.15) is 32.8 Å². The fourth-order valence-electron chi connectivity index (χ4n) is 2.57. The number of hydrogen-bond acceptors (Lipinski definition) is 4. The van der Waals surface area contributed by atoms with E-state index in [0.29, 0.717) is 18.2 Å². The molecule has 0 saturated carbocycles. The van der Waals surface area contributed by atoms with Crippen LogP contribution in [0.2, 0.25) is 0 Å². The molecular formula is C16H24N2O3. The standard InChI is InChI=1S/C16H24N2O3/c1-16(2,3)21-15(20)18-7-6-11(10-18)8-12-4-5-13(19)9-14(12)17/h4-5,9,11,19H,6-8,10,17H2,1-3H3. The highest BCUT2D eigenvalue weighted by Crippen LogP contribution is 2.26. The maximum atomic E-state index is 12.0. The van der Waals surface area contributed by atoms with E-state index in [-0.39, 0.29) is 11.8 Å². The molecule has 1 unspecified atom stereocenters. The van der Waals surface area contributed by atoms with Crippen LogP contribution in [-0.2, 0) is 11.2 Å². The minimum Gasteiger partial charge on any atom is -0.508 e. The maximum Gasteiger partial charge on any atom is 0.410 e. The number of amides is 1. The monoisotopic (exact) mass is 292 g/mol. The topological polar surface area (TPSA) is 75.8 Å². The van der Waals surface area contributed by atoms with E-state index in [2.05, 4.69) is 0 Å². The fourth-order valence-corrected chi connectivity index (χ4v) is 2.57. The zero-order chi connectivity index (χ0) is 15.6. The number of carbonyl (C=O) groups excluding carboxylic acids is 1. The van der Waals surface area contributed by atoms with E-state index < -0.39 is 5.60 Å². The predicted octanol–water partition coefficient (Wildman–Crippen LogP) is 2.77. The van der Waals surface area contributed by atoms with Crippen LogP contribution in [0.15, 0.2) is 18.2 Å². The van der Waals surface area contributed by atoms with Crippen LogP contribution in [-0.4, -0.2) is 34.8 Å². The second-order valence-corrected chi connectivity index (χ2v) is 6.67. The molecule has 1 fully saturated rings. The van der Waals surface area contributed by atoms with Crippen molar-refractivity contribution in [1.82, 2.24) is 4.90 Å². The van der Waals surface area contributed by atoms with Crippen molar-refractivity contribution >= 4 is 11.8 Å². The van der Waals surface area contributed by atoms with Crippen LogP contribution in [0, 0.1) is 5.92 Å². The molecule has 0 bridgehead atoms. The van der Waals surface area contributed by atoms with Crippen LogP contribution >= 0.6 is 0 Å². The summed E-state index contributed by atoms with van der Waals surface area (Å²) in [6.07, 6.45) is 1.51. The van der Waals surface area contributed by atoms with Crippen molar-refractivity contribution in [2.24, 2.45) is 5.92 Å². The first kappa shape index (κ1) is 15.5. The van der Waals surface area contributed by atoms with E-state index >= 15 is 0 Å². The third kappa shape index (κ3) is 4.28. The summed E-state index contributed by atoms with van der Waals surface area (Å²) >= 11 is 0. The number of nitrogens with zero attached hydrogens (tertiary/aromatic N) is 1. The molecule has 1 aliphatic rings. The van der Waals surface area contributed by atoms with Crippen LogP contribution in [0.4, 0.5) is 10.5 Å². The highest BCUT2D eigenvalue weighted by atomic mass is 16.6. The van der Waals surface area contributed by atoms with Gasteiger partial charge in [0.05, 0.1) is 0 Å². The average Bonchev–Trinajstić information content (AvgIpc) is 2.79. The van der Waals surface area contributed by atoms with Crippen molar-refractivity contribution < 1.29 is 14.6 Å². The zero-order valence-electron chi connectivity index (χ0n) is 12.9. The number of ether oxygens (including phenoxy) is 1. The van der Waals surface area contributed by atoms with Gasteiger partial charge in [0.2, 0.25) is 0 Å². The summed E-state index contributed by atoms with van der Waals surface area (Å²) in [6, 6.07) is 5.06. The third-order valence-corrected chi connectivity index (χ3v) is 3.58. The van der Waals surface area contributed by atoms with Gasteiger partial charge in [-0.05, 0) is 51.2 Å². The second kappa shape index (κ2) is 5.84. The molecule has 1 aromatic carbocycles. The first-order chi connectivity index (χ1) is 9.74. The Bertz CT molecular complexity index is 523. The molecule has 5 nitrogen and oxygen atoms in total. The number of benzene rings is 1. The Morgan fingerprint density at radius 1 is 1.48 bits per heavy atom. The Labute approximate surface area is 125 Å². The number of aromatic hydroxyl groups is 1. The lowest BCUT2D eigenvalue weighted by Crippen LogP contribution is -2.35. The molecular weight excluding hydrogens is 268 g/mol. The Balaban J connectivity index is 1.92. The molecule has 1 atom stereocenters. The molecule has 1 aromatic rings. The lowest BCUT2D eigenvalue weighted by molar-refractivity contribution is 0.0288. The normalized spacial score (nSPS) is 18.8. The van der Waals surface area contributed by atoms with Gasteiger partial charge >= 0.3 is 6.09 Å². The molecule has 1 aliphatic heterocycles.